The van der Waals surface area contributed by atoms with Crippen molar-refractivity contribution in [2.75, 3.05) is 11.1 Å². The maximum atomic E-state index is 12.5. The first kappa shape index (κ1) is 18.1. The maximum Gasteiger partial charge on any atom is 0.234 e. The van der Waals surface area contributed by atoms with Crippen molar-refractivity contribution in [3.63, 3.8) is 0 Å². The van der Waals surface area contributed by atoms with Gasteiger partial charge in [0.25, 0.3) is 0 Å². The third-order valence-electron chi connectivity index (χ3n) is 4.07. The van der Waals surface area contributed by atoms with E-state index in [2.05, 4.69) is 20.5 Å². The Morgan fingerprint density at radius 1 is 1.21 bits per heavy atom. The quantitative estimate of drug-likeness (QED) is 0.483. The lowest BCUT2D eigenvalue weighted by molar-refractivity contribution is -0.113. The molecule has 0 saturated carbocycles. The predicted molar refractivity (Wildman–Crippen MR) is 106 cm³/mol. The van der Waals surface area contributed by atoms with Gasteiger partial charge in [-0.25, -0.2) is 4.98 Å². The van der Waals surface area contributed by atoms with Crippen LogP contribution in [0.3, 0.4) is 0 Å². The smallest absolute Gasteiger partial charge is 0.234 e. The molecule has 3 heterocycles. The summed E-state index contributed by atoms with van der Waals surface area (Å²) in [5, 5.41) is 12.0. The van der Waals surface area contributed by atoms with Crippen molar-refractivity contribution in [3.05, 3.63) is 61.4 Å². The molecule has 0 radical (unpaired) electrons. The van der Waals surface area contributed by atoms with E-state index in [1.807, 2.05) is 58.7 Å². The molecule has 0 aliphatic heterocycles. The molecule has 1 aromatic carbocycles. The van der Waals surface area contributed by atoms with Crippen LogP contribution in [0.2, 0.25) is 0 Å². The predicted octanol–water partition coefficient (Wildman–Crippen LogP) is 3.47. The number of imidazole rings is 1. The van der Waals surface area contributed by atoms with Crippen LogP contribution in [0.4, 0.5) is 5.69 Å². The van der Waals surface area contributed by atoms with Gasteiger partial charge in [-0.3, -0.25) is 9.36 Å². The van der Waals surface area contributed by atoms with Crippen LogP contribution in [0, 0.1) is 0 Å². The lowest BCUT2D eigenvalue weighted by Gasteiger charge is -2.11. The number of para-hydroxylation sites is 2. The van der Waals surface area contributed by atoms with E-state index in [1.54, 1.807) is 18.8 Å². The number of nitrogens with zero attached hydrogens (tertiary/aromatic N) is 5. The normalized spacial score (nSPS) is 10.9. The maximum absolute atomic E-state index is 12.5. The number of nitrogens with one attached hydrogen (secondary N) is 1. The summed E-state index contributed by atoms with van der Waals surface area (Å²) in [6, 6.07) is 11.2. The van der Waals surface area contributed by atoms with Gasteiger partial charge in [-0.05, 0) is 31.2 Å². The molecule has 28 heavy (non-hydrogen) atoms. The SMILES string of the molecule is CCn1c(SCC(=O)Nc2ccccc2-n2ccnc2)nnc1-c1ccco1. The minimum Gasteiger partial charge on any atom is -0.461 e. The number of aromatic nitrogens is 5. The summed E-state index contributed by atoms with van der Waals surface area (Å²) in [6.07, 6.45) is 6.82. The second-order valence-electron chi connectivity index (χ2n) is 5.85. The van der Waals surface area contributed by atoms with Crippen molar-refractivity contribution in [3.8, 4) is 17.3 Å². The molecule has 0 bridgehead atoms. The van der Waals surface area contributed by atoms with Gasteiger partial charge in [-0.2, -0.15) is 0 Å². The highest BCUT2D eigenvalue weighted by atomic mass is 32.2. The summed E-state index contributed by atoms with van der Waals surface area (Å²) in [6.45, 7) is 2.68. The van der Waals surface area contributed by atoms with E-state index in [0.29, 0.717) is 23.3 Å². The van der Waals surface area contributed by atoms with Crippen LogP contribution in [-0.4, -0.2) is 36.0 Å². The topological polar surface area (TPSA) is 90.8 Å². The fourth-order valence-electron chi connectivity index (χ4n) is 2.79. The molecule has 0 spiro atoms. The molecule has 0 aliphatic rings. The lowest BCUT2D eigenvalue weighted by atomic mass is 10.2. The summed E-state index contributed by atoms with van der Waals surface area (Å²) in [7, 11) is 0. The summed E-state index contributed by atoms with van der Waals surface area (Å²) >= 11 is 1.34. The summed E-state index contributed by atoms with van der Waals surface area (Å²) in [4.78, 5) is 16.6. The Bertz CT molecular complexity index is 1060. The molecule has 1 amide bonds. The molecule has 0 atom stereocenters. The summed E-state index contributed by atoms with van der Waals surface area (Å²) < 4.78 is 9.19. The number of hydrogen-bond donors (Lipinski definition) is 1. The van der Waals surface area contributed by atoms with Crippen molar-refractivity contribution < 1.29 is 9.21 Å². The zero-order chi connectivity index (χ0) is 19.3. The van der Waals surface area contributed by atoms with Gasteiger partial charge in [0.2, 0.25) is 5.91 Å². The summed E-state index contributed by atoms with van der Waals surface area (Å²) in [5.41, 5.74) is 1.58. The first-order chi connectivity index (χ1) is 13.8. The van der Waals surface area contributed by atoms with Gasteiger partial charge in [0.15, 0.2) is 16.7 Å². The molecule has 1 N–H and O–H groups in total. The average Bonchev–Trinajstić information content (AvgIpc) is 3.48. The Balaban J connectivity index is 1.45. The molecule has 4 aromatic rings. The summed E-state index contributed by atoms with van der Waals surface area (Å²) in [5.74, 6) is 1.40. The zero-order valence-electron chi connectivity index (χ0n) is 15.1. The number of benzene rings is 1. The fraction of sp³-hybridized carbons (Fsp3) is 0.158. The minimum absolute atomic E-state index is 0.122. The van der Waals surface area contributed by atoms with Gasteiger partial charge in [-0.1, -0.05) is 23.9 Å². The largest absolute Gasteiger partial charge is 0.461 e. The van der Waals surface area contributed by atoms with E-state index in [4.69, 9.17) is 4.42 Å². The fourth-order valence-corrected chi connectivity index (χ4v) is 3.59. The molecule has 0 aliphatic carbocycles. The Morgan fingerprint density at radius 2 is 2.11 bits per heavy atom. The number of thioether (sulfide) groups is 1. The average molecular weight is 394 g/mol. The minimum atomic E-state index is -0.122. The number of hydrogen-bond acceptors (Lipinski definition) is 6. The first-order valence-electron chi connectivity index (χ1n) is 8.73. The van der Waals surface area contributed by atoms with Crippen LogP contribution >= 0.6 is 11.8 Å². The van der Waals surface area contributed by atoms with E-state index in [-0.39, 0.29) is 11.7 Å². The van der Waals surface area contributed by atoms with Crippen LogP contribution in [-0.2, 0) is 11.3 Å². The molecule has 8 nitrogen and oxygen atoms in total. The molecule has 0 saturated heterocycles. The number of anilines is 1. The Morgan fingerprint density at radius 3 is 2.86 bits per heavy atom. The molecule has 9 heteroatoms. The van der Waals surface area contributed by atoms with Crippen LogP contribution in [0.5, 0.6) is 0 Å². The van der Waals surface area contributed by atoms with E-state index >= 15 is 0 Å². The highest BCUT2D eigenvalue weighted by Gasteiger charge is 2.16. The van der Waals surface area contributed by atoms with Gasteiger partial charge in [0.05, 0.1) is 29.7 Å². The number of carbonyl (C=O) groups is 1. The van der Waals surface area contributed by atoms with Crippen molar-refractivity contribution >= 4 is 23.4 Å². The lowest BCUT2D eigenvalue weighted by Crippen LogP contribution is -2.16. The van der Waals surface area contributed by atoms with E-state index in [1.165, 1.54) is 11.8 Å². The van der Waals surface area contributed by atoms with Crippen molar-refractivity contribution in [2.45, 2.75) is 18.6 Å². The molecular weight excluding hydrogens is 376 g/mol. The van der Waals surface area contributed by atoms with Gasteiger partial charge in [0.1, 0.15) is 0 Å². The van der Waals surface area contributed by atoms with Crippen LogP contribution in [0.25, 0.3) is 17.3 Å². The molecule has 0 unspecified atom stereocenters. The third-order valence-corrected chi connectivity index (χ3v) is 5.03. The Hall–Kier alpha value is -3.33. The van der Waals surface area contributed by atoms with Gasteiger partial charge < -0.3 is 14.3 Å². The van der Waals surface area contributed by atoms with Crippen molar-refractivity contribution in [1.82, 2.24) is 24.3 Å². The molecule has 142 valence electrons. The number of rotatable bonds is 7. The number of furan rings is 1. The van der Waals surface area contributed by atoms with Gasteiger partial charge in [0, 0.05) is 18.9 Å². The highest BCUT2D eigenvalue weighted by molar-refractivity contribution is 7.99. The Labute approximate surface area is 165 Å². The van der Waals surface area contributed by atoms with Crippen LogP contribution in [0.1, 0.15) is 6.92 Å². The highest BCUT2D eigenvalue weighted by Crippen LogP contribution is 2.25. The molecule has 3 aromatic heterocycles. The second kappa shape index (κ2) is 8.13. The van der Waals surface area contributed by atoms with Gasteiger partial charge in [-0.15, -0.1) is 10.2 Å². The second-order valence-corrected chi connectivity index (χ2v) is 6.79. The van der Waals surface area contributed by atoms with Crippen LogP contribution in [0.15, 0.2) is 71.0 Å². The van der Waals surface area contributed by atoms with Crippen molar-refractivity contribution in [1.29, 1.82) is 0 Å². The zero-order valence-corrected chi connectivity index (χ0v) is 16.0. The monoisotopic (exact) mass is 394 g/mol. The Kier molecular flexibility index (Phi) is 5.24. The van der Waals surface area contributed by atoms with E-state index < -0.39 is 0 Å². The van der Waals surface area contributed by atoms with E-state index in [9.17, 15) is 4.79 Å². The number of carbonyl (C=O) groups excluding carboxylic acids is 1. The van der Waals surface area contributed by atoms with Crippen LogP contribution < -0.4 is 5.32 Å². The van der Waals surface area contributed by atoms with Crippen molar-refractivity contribution in [2.24, 2.45) is 0 Å². The van der Waals surface area contributed by atoms with E-state index in [0.717, 1.165) is 11.4 Å². The third kappa shape index (κ3) is 3.70. The first-order valence-corrected chi connectivity index (χ1v) is 9.72. The standard InChI is InChI=1S/C19H18N6O2S/c1-2-25-18(16-8-5-11-27-16)22-23-19(25)28-12-17(26)21-14-6-3-4-7-15(14)24-10-9-20-13-24/h3-11,13H,2,12H2,1H3,(H,21,26). The molecular formula is C19H18N6O2S. The van der Waals surface area contributed by atoms with Gasteiger partial charge >= 0.3 is 0 Å². The number of amides is 1. The molecule has 0 fully saturated rings. The molecule has 4 rings (SSSR count).